The van der Waals surface area contributed by atoms with Crippen LogP contribution in [0, 0.1) is 18.8 Å². The summed E-state index contributed by atoms with van der Waals surface area (Å²) in [5, 5.41) is 0. The summed E-state index contributed by atoms with van der Waals surface area (Å²) in [5.41, 5.74) is 2.24. The van der Waals surface area contributed by atoms with Crippen molar-refractivity contribution in [2.75, 3.05) is 26.3 Å². The zero-order valence-electron chi connectivity index (χ0n) is 25.1. The summed E-state index contributed by atoms with van der Waals surface area (Å²) in [6, 6.07) is 7.61. The minimum absolute atomic E-state index is 0.0162. The molecule has 2 atom stereocenters. The predicted octanol–water partition coefficient (Wildman–Crippen LogP) is 6.81. The van der Waals surface area contributed by atoms with Crippen LogP contribution in [0.4, 0.5) is 0 Å². The highest BCUT2D eigenvalue weighted by Gasteiger charge is 2.37. The third-order valence-corrected chi connectivity index (χ3v) is 9.40. The lowest BCUT2D eigenvalue weighted by Crippen LogP contribution is -2.30. The highest BCUT2D eigenvalue weighted by molar-refractivity contribution is 5.99. The molecule has 0 N–H and O–H groups in total. The van der Waals surface area contributed by atoms with Crippen LogP contribution in [0.1, 0.15) is 101 Å². The molecular weight excluding hydrogens is 516 g/mol. The molecule has 1 aromatic heterocycles. The number of carbonyl (C=O) groups excluding carboxylic acids is 2. The number of esters is 1. The fourth-order valence-corrected chi connectivity index (χ4v) is 6.88. The Morgan fingerprint density at radius 1 is 1.05 bits per heavy atom. The van der Waals surface area contributed by atoms with Gasteiger partial charge in [-0.15, -0.1) is 0 Å². The summed E-state index contributed by atoms with van der Waals surface area (Å²) in [7, 11) is 0. The van der Waals surface area contributed by atoms with Gasteiger partial charge in [-0.05, 0) is 75.1 Å². The summed E-state index contributed by atoms with van der Waals surface area (Å²) in [6.07, 6.45) is 13.5. The van der Waals surface area contributed by atoms with Crippen LogP contribution in [0.2, 0.25) is 0 Å². The maximum atomic E-state index is 13.2. The van der Waals surface area contributed by atoms with Gasteiger partial charge in [0.1, 0.15) is 11.5 Å². The van der Waals surface area contributed by atoms with E-state index in [1.165, 1.54) is 44.9 Å². The summed E-state index contributed by atoms with van der Waals surface area (Å²) in [4.78, 5) is 32.7. The first-order chi connectivity index (χ1) is 19.8. The molecule has 7 nitrogen and oxygen atoms in total. The van der Waals surface area contributed by atoms with Gasteiger partial charge in [-0.1, -0.05) is 51.2 Å². The average Bonchev–Trinajstić information content (AvgIpc) is 3.58. The van der Waals surface area contributed by atoms with E-state index in [0.717, 1.165) is 54.6 Å². The number of oxazole rings is 1. The highest BCUT2D eigenvalue weighted by Crippen LogP contribution is 2.39. The third kappa shape index (κ3) is 7.22. The van der Waals surface area contributed by atoms with Gasteiger partial charge in [0.2, 0.25) is 11.8 Å². The first-order valence-corrected chi connectivity index (χ1v) is 15.7. The monoisotopic (exact) mass is 562 g/mol. The molecule has 2 aliphatic carbocycles. The van der Waals surface area contributed by atoms with Crippen LogP contribution in [0.5, 0.6) is 5.75 Å². The van der Waals surface area contributed by atoms with Gasteiger partial charge in [-0.25, -0.2) is 9.78 Å². The number of likely N-dealkylation sites (tertiary alicyclic amines) is 1. The number of ether oxygens (including phenoxy) is 2. The topological polar surface area (TPSA) is 81.9 Å². The molecule has 41 heavy (non-hydrogen) atoms. The van der Waals surface area contributed by atoms with Crippen molar-refractivity contribution in [1.29, 1.82) is 0 Å². The Morgan fingerprint density at radius 2 is 1.73 bits per heavy atom. The normalized spacial score (nSPS) is 22.3. The molecule has 1 aromatic carbocycles. The molecule has 2 aromatic rings. The van der Waals surface area contributed by atoms with E-state index >= 15 is 0 Å². The molecule has 1 saturated heterocycles. The first kappa shape index (κ1) is 29.4. The summed E-state index contributed by atoms with van der Waals surface area (Å²) >= 11 is 0. The van der Waals surface area contributed by atoms with E-state index in [0.29, 0.717) is 30.4 Å². The van der Waals surface area contributed by atoms with Gasteiger partial charge in [-0.3, -0.25) is 4.79 Å². The highest BCUT2D eigenvalue weighted by atomic mass is 16.5. The van der Waals surface area contributed by atoms with Crippen LogP contribution in [0.15, 0.2) is 34.3 Å². The number of aryl methyl sites for hydroxylation is 1. The SMILES string of the molecule is CCOC(=O)/C(=C/c1ccc(OCCc2nc(C3(C)CCCCC3)oc2C)cc1)CC(=O)N1C[C@H]2CCCC[C@H]2C1. The molecule has 0 unspecified atom stereocenters. The largest absolute Gasteiger partial charge is 0.493 e. The maximum absolute atomic E-state index is 13.2. The van der Waals surface area contributed by atoms with Crippen molar-refractivity contribution in [1.82, 2.24) is 9.88 Å². The Hall–Kier alpha value is -3.09. The van der Waals surface area contributed by atoms with Gasteiger partial charge in [-0.2, -0.15) is 0 Å². The Bertz CT molecular complexity index is 1210. The number of nitrogens with zero attached hydrogens (tertiary/aromatic N) is 2. The maximum Gasteiger partial charge on any atom is 0.334 e. The third-order valence-electron chi connectivity index (χ3n) is 9.40. The van der Waals surface area contributed by atoms with E-state index in [-0.39, 0.29) is 24.3 Å². The Labute approximate surface area is 244 Å². The van der Waals surface area contributed by atoms with Crippen molar-refractivity contribution < 1.29 is 23.5 Å². The Morgan fingerprint density at radius 3 is 2.39 bits per heavy atom. The lowest BCUT2D eigenvalue weighted by Gasteiger charge is -2.30. The van der Waals surface area contributed by atoms with Gasteiger partial charge < -0.3 is 18.8 Å². The molecule has 7 heteroatoms. The number of rotatable bonds is 10. The van der Waals surface area contributed by atoms with E-state index in [1.807, 2.05) is 36.1 Å². The van der Waals surface area contributed by atoms with E-state index < -0.39 is 5.97 Å². The zero-order valence-corrected chi connectivity index (χ0v) is 25.1. The van der Waals surface area contributed by atoms with Crippen molar-refractivity contribution in [3.63, 3.8) is 0 Å². The average molecular weight is 563 g/mol. The number of fused-ring (bicyclic) bond motifs is 1. The predicted molar refractivity (Wildman–Crippen MR) is 159 cm³/mol. The molecule has 0 bridgehead atoms. The van der Waals surface area contributed by atoms with Gasteiger partial charge in [0.25, 0.3) is 0 Å². The smallest absolute Gasteiger partial charge is 0.334 e. The number of hydrogen-bond donors (Lipinski definition) is 0. The lowest BCUT2D eigenvalue weighted by molar-refractivity contribution is -0.140. The van der Waals surface area contributed by atoms with Crippen LogP contribution in [0.25, 0.3) is 6.08 Å². The first-order valence-electron chi connectivity index (χ1n) is 15.7. The summed E-state index contributed by atoms with van der Waals surface area (Å²) in [6.45, 7) is 8.46. The van der Waals surface area contributed by atoms with Gasteiger partial charge >= 0.3 is 5.97 Å². The zero-order chi connectivity index (χ0) is 28.8. The second kappa shape index (κ2) is 13.3. The summed E-state index contributed by atoms with van der Waals surface area (Å²) < 4.78 is 17.4. The van der Waals surface area contributed by atoms with E-state index in [2.05, 4.69) is 6.92 Å². The van der Waals surface area contributed by atoms with Crippen molar-refractivity contribution in [3.8, 4) is 5.75 Å². The molecule has 1 amide bonds. The fraction of sp³-hybridized carbons (Fsp3) is 0.618. The molecule has 3 aliphatic rings. The molecule has 5 rings (SSSR count). The second-order valence-electron chi connectivity index (χ2n) is 12.5. The van der Waals surface area contributed by atoms with Crippen molar-refractivity contribution in [2.45, 2.75) is 96.8 Å². The molecule has 1 aliphatic heterocycles. The van der Waals surface area contributed by atoms with Gasteiger partial charge in [0.05, 0.1) is 25.3 Å². The second-order valence-corrected chi connectivity index (χ2v) is 12.5. The minimum atomic E-state index is -0.428. The van der Waals surface area contributed by atoms with Crippen molar-refractivity contribution >= 4 is 18.0 Å². The molecular formula is C34H46N2O5. The van der Waals surface area contributed by atoms with Crippen LogP contribution in [-0.4, -0.2) is 48.1 Å². The number of hydrogen-bond acceptors (Lipinski definition) is 6. The minimum Gasteiger partial charge on any atom is -0.493 e. The molecule has 2 saturated carbocycles. The van der Waals surface area contributed by atoms with E-state index in [4.69, 9.17) is 18.9 Å². The molecule has 3 fully saturated rings. The van der Waals surface area contributed by atoms with Crippen LogP contribution >= 0.6 is 0 Å². The van der Waals surface area contributed by atoms with Crippen LogP contribution < -0.4 is 4.74 Å². The lowest BCUT2D eigenvalue weighted by atomic mass is 9.76. The van der Waals surface area contributed by atoms with E-state index in [9.17, 15) is 9.59 Å². The molecule has 0 spiro atoms. The van der Waals surface area contributed by atoms with E-state index in [1.54, 1.807) is 13.0 Å². The van der Waals surface area contributed by atoms with Crippen LogP contribution in [0.3, 0.4) is 0 Å². The number of aromatic nitrogens is 1. The fourth-order valence-electron chi connectivity index (χ4n) is 6.88. The Balaban J connectivity index is 1.17. The molecule has 2 heterocycles. The Kier molecular flexibility index (Phi) is 9.51. The quantitative estimate of drug-likeness (QED) is 0.234. The summed E-state index contributed by atoms with van der Waals surface area (Å²) in [5.74, 6) is 3.32. The van der Waals surface area contributed by atoms with Gasteiger partial charge in [0.15, 0.2) is 0 Å². The molecule has 222 valence electrons. The standard InChI is InChI=1S/C34H46N2O5/c1-4-39-32(38)28(21-31(37)36-22-26-10-6-7-11-27(26)23-36)20-25-12-14-29(15-13-25)40-19-16-30-24(2)41-33(35-30)34(3)17-8-5-9-18-34/h12-15,20,26-27H,4-11,16-19,21-23H2,1-3H3/b28-20+/t26-,27+. The number of carbonyl (C=O) groups is 2. The van der Waals surface area contributed by atoms with Gasteiger partial charge in [0, 0.05) is 30.5 Å². The van der Waals surface area contributed by atoms with Crippen molar-refractivity contribution in [2.24, 2.45) is 11.8 Å². The van der Waals surface area contributed by atoms with Crippen molar-refractivity contribution in [3.05, 3.63) is 52.7 Å². The molecule has 0 radical (unpaired) electrons. The number of amides is 1. The van der Waals surface area contributed by atoms with Crippen LogP contribution in [-0.2, 0) is 26.2 Å². The number of benzene rings is 1.